The van der Waals surface area contributed by atoms with Crippen molar-refractivity contribution in [3.8, 4) is 5.75 Å². The second-order valence-corrected chi connectivity index (χ2v) is 4.70. The van der Waals surface area contributed by atoms with E-state index < -0.39 is 34.8 Å². The first kappa shape index (κ1) is 17.3. The number of hydrogen-bond acceptors (Lipinski definition) is 3. The molecule has 0 radical (unpaired) electrons. The van der Waals surface area contributed by atoms with Crippen LogP contribution in [-0.4, -0.2) is 26.0 Å². The Labute approximate surface area is 135 Å². The summed E-state index contributed by atoms with van der Waals surface area (Å²) >= 11 is 0. The number of carbonyl (C=O) groups excluding carboxylic acids is 2. The molecule has 2 aromatic rings. The predicted molar refractivity (Wildman–Crippen MR) is 80.7 cm³/mol. The van der Waals surface area contributed by atoms with Crippen molar-refractivity contribution in [3.63, 3.8) is 0 Å². The minimum absolute atomic E-state index is 0.0910. The molecule has 0 aliphatic heterocycles. The van der Waals surface area contributed by atoms with E-state index in [9.17, 15) is 22.8 Å². The molecular formula is C16H13F3N2O3. The van der Waals surface area contributed by atoms with Gasteiger partial charge in [0.1, 0.15) is 5.75 Å². The van der Waals surface area contributed by atoms with Crippen LogP contribution in [0.4, 0.5) is 18.9 Å². The molecule has 0 aliphatic carbocycles. The Morgan fingerprint density at radius 2 is 1.62 bits per heavy atom. The van der Waals surface area contributed by atoms with Crippen molar-refractivity contribution < 1.29 is 27.5 Å². The van der Waals surface area contributed by atoms with Gasteiger partial charge in [-0.3, -0.25) is 9.59 Å². The molecule has 2 rings (SSSR count). The third kappa shape index (κ3) is 3.48. The standard InChI is InChI=1S/C16H13F3N2O3/c1-20-16(23)10-7-9(24-2)3-4-13(10)21-15(22)8-5-11(17)14(19)12(18)6-8/h3-7H,1-2H3,(H,20,23)(H,21,22). The molecule has 0 bridgehead atoms. The minimum Gasteiger partial charge on any atom is -0.497 e. The van der Waals surface area contributed by atoms with Gasteiger partial charge in [0.25, 0.3) is 11.8 Å². The summed E-state index contributed by atoms with van der Waals surface area (Å²) < 4.78 is 44.4. The van der Waals surface area contributed by atoms with E-state index in [1.165, 1.54) is 32.4 Å². The maximum Gasteiger partial charge on any atom is 0.255 e. The molecule has 0 aromatic heterocycles. The number of hydrogen-bond donors (Lipinski definition) is 2. The van der Waals surface area contributed by atoms with E-state index in [1.54, 1.807) is 0 Å². The number of carbonyl (C=O) groups is 2. The van der Waals surface area contributed by atoms with Gasteiger partial charge in [-0.05, 0) is 30.3 Å². The van der Waals surface area contributed by atoms with Gasteiger partial charge >= 0.3 is 0 Å². The number of benzene rings is 2. The van der Waals surface area contributed by atoms with Crippen LogP contribution in [0.15, 0.2) is 30.3 Å². The smallest absolute Gasteiger partial charge is 0.255 e. The number of amides is 2. The van der Waals surface area contributed by atoms with Crippen LogP contribution in [0.5, 0.6) is 5.75 Å². The van der Waals surface area contributed by atoms with Crippen LogP contribution in [0.2, 0.25) is 0 Å². The lowest BCUT2D eigenvalue weighted by Gasteiger charge is -2.12. The summed E-state index contributed by atoms with van der Waals surface area (Å²) in [5.41, 5.74) is -0.233. The number of nitrogens with one attached hydrogen (secondary N) is 2. The number of methoxy groups -OCH3 is 1. The van der Waals surface area contributed by atoms with Gasteiger partial charge in [0.05, 0.1) is 18.4 Å². The monoisotopic (exact) mass is 338 g/mol. The minimum atomic E-state index is -1.66. The molecule has 2 amide bonds. The maximum atomic E-state index is 13.2. The van der Waals surface area contributed by atoms with Crippen LogP contribution in [0.3, 0.4) is 0 Å². The molecule has 24 heavy (non-hydrogen) atoms. The van der Waals surface area contributed by atoms with Crippen molar-refractivity contribution in [2.75, 3.05) is 19.5 Å². The summed E-state index contributed by atoms with van der Waals surface area (Å²) in [6.45, 7) is 0. The molecule has 0 saturated heterocycles. The highest BCUT2D eigenvalue weighted by molar-refractivity contribution is 6.09. The summed E-state index contributed by atoms with van der Waals surface area (Å²) in [5.74, 6) is -5.65. The van der Waals surface area contributed by atoms with Gasteiger partial charge < -0.3 is 15.4 Å². The second kappa shape index (κ2) is 7.03. The summed E-state index contributed by atoms with van der Waals surface area (Å²) in [5, 5.41) is 4.75. The van der Waals surface area contributed by atoms with Crippen LogP contribution >= 0.6 is 0 Å². The molecule has 0 spiro atoms. The summed E-state index contributed by atoms with van der Waals surface area (Å²) in [7, 11) is 2.81. The average Bonchev–Trinajstić information content (AvgIpc) is 2.58. The Morgan fingerprint density at radius 3 is 2.17 bits per heavy atom. The first-order valence-electron chi connectivity index (χ1n) is 6.73. The lowest BCUT2D eigenvalue weighted by atomic mass is 10.1. The molecule has 5 nitrogen and oxygen atoms in total. The van der Waals surface area contributed by atoms with Gasteiger partial charge in [-0.15, -0.1) is 0 Å². The highest BCUT2D eigenvalue weighted by Crippen LogP contribution is 2.23. The Kier molecular flexibility index (Phi) is 5.08. The Balaban J connectivity index is 2.37. The first-order valence-corrected chi connectivity index (χ1v) is 6.73. The van der Waals surface area contributed by atoms with Crippen molar-refractivity contribution in [2.24, 2.45) is 0 Å². The SMILES string of the molecule is CNC(=O)c1cc(OC)ccc1NC(=O)c1cc(F)c(F)c(F)c1. The molecular weight excluding hydrogens is 325 g/mol. The van der Waals surface area contributed by atoms with Gasteiger partial charge in [0, 0.05) is 12.6 Å². The fraction of sp³-hybridized carbons (Fsp3) is 0.125. The molecule has 126 valence electrons. The number of halogens is 3. The van der Waals surface area contributed by atoms with E-state index in [-0.39, 0.29) is 11.3 Å². The molecule has 0 fully saturated rings. The highest BCUT2D eigenvalue weighted by atomic mass is 19.2. The zero-order valence-electron chi connectivity index (χ0n) is 12.7. The van der Waals surface area contributed by atoms with Crippen molar-refractivity contribution in [2.45, 2.75) is 0 Å². The third-order valence-corrected chi connectivity index (χ3v) is 3.19. The van der Waals surface area contributed by atoms with Gasteiger partial charge in [0.15, 0.2) is 17.5 Å². The van der Waals surface area contributed by atoms with Crippen molar-refractivity contribution in [1.29, 1.82) is 0 Å². The van der Waals surface area contributed by atoms with Crippen molar-refractivity contribution in [1.82, 2.24) is 5.32 Å². The van der Waals surface area contributed by atoms with Gasteiger partial charge in [-0.25, -0.2) is 13.2 Å². The Morgan fingerprint density at radius 1 is 1.00 bits per heavy atom. The molecule has 8 heteroatoms. The first-order chi connectivity index (χ1) is 11.4. The number of rotatable bonds is 4. The second-order valence-electron chi connectivity index (χ2n) is 4.70. The van der Waals surface area contributed by atoms with Gasteiger partial charge in [-0.2, -0.15) is 0 Å². The predicted octanol–water partition coefficient (Wildman–Crippen LogP) is 2.72. The highest BCUT2D eigenvalue weighted by Gasteiger charge is 2.18. The molecule has 0 heterocycles. The van der Waals surface area contributed by atoms with E-state index in [4.69, 9.17) is 4.74 Å². The molecule has 0 unspecified atom stereocenters. The summed E-state index contributed by atoms with van der Waals surface area (Å²) in [6.07, 6.45) is 0. The molecule has 0 saturated carbocycles. The third-order valence-electron chi connectivity index (χ3n) is 3.19. The van der Waals surface area contributed by atoms with E-state index in [2.05, 4.69) is 10.6 Å². The lowest BCUT2D eigenvalue weighted by molar-refractivity contribution is 0.0963. The molecule has 2 aromatic carbocycles. The van der Waals surface area contributed by atoms with Gasteiger partial charge in [0.2, 0.25) is 0 Å². The topological polar surface area (TPSA) is 67.4 Å². The van der Waals surface area contributed by atoms with Crippen LogP contribution in [0, 0.1) is 17.5 Å². The molecule has 0 atom stereocenters. The van der Waals surface area contributed by atoms with Crippen LogP contribution in [0.1, 0.15) is 20.7 Å². The molecule has 0 aliphatic rings. The van der Waals surface area contributed by atoms with Crippen LogP contribution in [-0.2, 0) is 0 Å². The Bertz CT molecular complexity index is 786. The summed E-state index contributed by atoms with van der Waals surface area (Å²) in [4.78, 5) is 24.0. The van der Waals surface area contributed by atoms with E-state index in [0.717, 1.165) is 0 Å². The largest absolute Gasteiger partial charge is 0.497 e. The average molecular weight is 338 g/mol. The van der Waals surface area contributed by atoms with E-state index >= 15 is 0 Å². The van der Waals surface area contributed by atoms with Gasteiger partial charge in [-0.1, -0.05) is 0 Å². The fourth-order valence-corrected chi connectivity index (χ4v) is 1.96. The quantitative estimate of drug-likeness (QED) is 0.843. The van der Waals surface area contributed by atoms with Crippen molar-refractivity contribution >= 4 is 17.5 Å². The normalized spacial score (nSPS) is 10.2. The van der Waals surface area contributed by atoms with Crippen LogP contribution < -0.4 is 15.4 Å². The number of anilines is 1. The van der Waals surface area contributed by atoms with E-state index in [0.29, 0.717) is 17.9 Å². The summed E-state index contributed by atoms with van der Waals surface area (Å²) in [6, 6.07) is 5.42. The molecule has 2 N–H and O–H groups in total. The zero-order chi connectivity index (χ0) is 17.9. The van der Waals surface area contributed by atoms with E-state index in [1.807, 2.05) is 0 Å². The Hall–Kier alpha value is -3.03. The maximum absolute atomic E-state index is 13.2. The zero-order valence-corrected chi connectivity index (χ0v) is 12.7. The lowest BCUT2D eigenvalue weighted by Crippen LogP contribution is -2.22. The van der Waals surface area contributed by atoms with Crippen LogP contribution in [0.25, 0.3) is 0 Å². The number of ether oxygens (including phenoxy) is 1. The fourth-order valence-electron chi connectivity index (χ4n) is 1.96. The van der Waals surface area contributed by atoms with Crippen molar-refractivity contribution in [3.05, 3.63) is 58.9 Å².